The first-order valence-electron chi connectivity index (χ1n) is 13.9. The van der Waals surface area contributed by atoms with Crippen molar-refractivity contribution in [2.45, 2.75) is 71.9 Å². The van der Waals surface area contributed by atoms with Crippen molar-refractivity contribution < 1.29 is 19.1 Å². The van der Waals surface area contributed by atoms with E-state index in [2.05, 4.69) is 17.2 Å². The summed E-state index contributed by atoms with van der Waals surface area (Å²) in [5, 5.41) is 10.2. The number of rotatable bonds is 9. The third kappa shape index (κ3) is 6.20. The van der Waals surface area contributed by atoms with Gasteiger partial charge in [0, 0.05) is 23.6 Å². The number of hydrogen-bond donors (Lipinski definition) is 1. The van der Waals surface area contributed by atoms with Gasteiger partial charge in [-0.15, -0.1) is 11.3 Å². The highest BCUT2D eigenvalue weighted by atomic mass is 32.1. The fourth-order valence-corrected chi connectivity index (χ4v) is 6.21. The van der Waals surface area contributed by atoms with Crippen LogP contribution in [-0.2, 0) is 11.3 Å². The maximum Gasteiger partial charge on any atom is 0.267 e. The topological polar surface area (TPSA) is 93.1 Å². The molecule has 1 saturated carbocycles. The standard InChI is InChI=1S/C31H36N4O4S/c1-5-22-17-28(36)35(18-21-9-8-10-24(15-21)33-31(37)30-19(2)32-20(3)40-30)34-29(22)23-13-14-26(38-4)27(16-23)39-25-11-6-7-12-25/h8-10,13-16,22,25H,5-7,11-12,17-18H2,1-4H3,(H,33,37). The number of nitrogens with zero attached hydrogens (tertiary/aromatic N) is 3. The number of carbonyl (C=O) groups is 2. The fraction of sp³-hybridized carbons (Fsp3) is 0.419. The Balaban J connectivity index is 1.37. The Morgan fingerprint density at radius 3 is 2.62 bits per heavy atom. The molecule has 8 nitrogen and oxygen atoms in total. The number of methoxy groups -OCH3 is 1. The van der Waals surface area contributed by atoms with Crippen molar-refractivity contribution in [3.8, 4) is 11.5 Å². The second-order valence-electron chi connectivity index (χ2n) is 10.4. The summed E-state index contributed by atoms with van der Waals surface area (Å²) in [6, 6.07) is 13.5. The molecule has 2 amide bonds. The van der Waals surface area contributed by atoms with Gasteiger partial charge in [0.1, 0.15) is 4.88 Å². The zero-order valence-electron chi connectivity index (χ0n) is 23.5. The van der Waals surface area contributed by atoms with Gasteiger partial charge in [-0.2, -0.15) is 5.10 Å². The summed E-state index contributed by atoms with van der Waals surface area (Å²) < 4.78 is 11.9. The van der Waals surface area contributed by atoms with Crippen LogP contribution in [0.25, 0.3) is 0 Å². The Morgan fingerprint density at radius 2 is 1.93 bits per heavy atom. The summed E-state index contributed by atoms with van der Waals surface area (Å²) in [6.07, 6.45) is 5.87. The molecule has 1 aliphatic carbocycles. The van der Waals surface area contributed by atoms with Gasteiger partial charge in [-0.3, -0.25) is 9.59 Å². The smallest absolute Gasteiger partial charge is 0.267 e. The van der Waals surface area contributed by atoms with E-state index < -0.39 is 0 Å². The van der Waals surface area contributed by atoms with Gasteiger partial charge < -0.3 is 14.8 Å². The molecule has 2 aromatic carbocycles. The van der Waals surface area contributed by atoms with Crippen LogP contribution >= 0.6 is 11.3 Å². The number of aryl methyl sites for hydroxylation is 2. The van der Waals surface area contributed by atoms with Crippen molar-refractivity contribution in [3.05, 3.63) is 69.2 Å². The molecule has 2 heterocycles. The number of hydrogen-bond acceptors (Lipinski definition) is 7. The fourth-order valence-electron chi connectivity index (χ4n) is 5.40. The molecule has 1 aliphatic heterocycles. The first-order chi connectivity index (χ1) is 19.3. The molecule has 0 bridgehead atoms. The van der Waals surface area contributed by atoms with E-state index in [1.54, 1.807) is 12.1 Å². The van der Waals surface area contributed by atoms with E-state index >= 15 is 0 Å². The molecule has 1 fully saturated rings. The molecule has 9 heteroatoms. The third-order valence-electron chi connectivity index (χ3n) is 7.50. The van der Waals surface area contributed by atoms with Crippen molar-refractivity contribution in [1.29, 1.82) is 0 Å². The van der Waals surface area contributed by atoms with Gasteiger partial charge >= 0.3 is 0 Å². The molecule has 1 aromatic heterocycles. The van der Waals surface area contributed by atoms with E-state index in [0.717, 1.165) is 52.6 Å². The van der Waals surface area contributed by atoms with Crippen molar-refractivity contribution in [2.24, 2.45) is 11.0 Å². The van der Waals surface area contributed by atoms with Crippen LogP contribution in [0, 0.1) is 19.8 Å². The molecular formula is C31H36N4O4S. The highest BCUT2D eigenvalue weighted by Crippen LogP contribution is 2.35. The Labute approximate surface area is 239 Å². The Morgan fingerprint density at radius 1 is 1.12 bits per heavy atom. The van der Waals surface area contributed by atoms with Crippen LogP contribution in [0.15, 0.2) is 47.6 Å². The van der Waals surface area contributed by atoms with Crippen LogP contribution in [0.4, 0.5) is 5.69 Å². The Kier molecular flexibility index (Phi) is 8.49. The van der Waals surface area contributed by atoms with Gasteiger partial charge in [0.15, 0.2) is 11.5 Å². The number of benzene rings is 2. The summed E-state index contributed by atoms with van der Waals surface area (Å²) in [5.74, 6) is 1.25. The van der Waals surface area contributed by atoms with Crippen LogP contribution in [0.5, 0.6) is 11.5 Å². The molecule has 1 N–H and O–H groups in total. The molecule has 0 spiro atoms. The van der Waals surface area contributed by atoms with Crippen LogP contribution in [0.2, 0.25) is 0 Å². The van der Waals surface area contributed by atoms with Gasteiger partial charge in [0.25, 0.3) is 5.91 Å². The first-order valence-corrected chi connectivity index (χ1v) is 14.7. The Hall–Kier alpha value is -3.72. The van der Waals surface area contributed by atoms with E-state index in [9.17, 15) is 9.59 Å². The monoisotopic (exact) mass is 560 g/mol. The van der Waals surface area contributed by atoms with Crippen LogP contribution in [0.1, 0.15) is 76.9 Å². The first kappa shape index (κ1) is 27.8. The SMILES string of the molecule is CCC1CC(=O)N(Cc2cccc(NC(=O)c3sc(C)nc3C)c2)N=C1c1ccc(OC)c(OC2CCCC2)c1. The van der Waals surface area contributed by atoms with E-state index in [0.29, 0.717) is 29.3 Å². The predicted molar refractivity (Wildman–Crippen MR) is 157 cm³/mol. The summed E-state index contributed by atoms with van der Waals surface area (Å²) in [4.78, 5) is 30.9. The van der Waals surface area contributed by atoms with Crippen molar-refractivity contribution in [2.75, 3.05) is 12.4 Å². The number of hydrazone groups is 1. The van der Waals surface area contributed by atoms with Crippen molar-refractivity contribution in [3.63, 3.8) is 0 Å². The number of nitrogens with one attached hydrogen (secondary N) is 1. The van der Waals surface area contributed by atoms with Crippen molar-refractivity contribution in [1.82, 2.24) is 9.99 Å². The molecule has 2 aliphatic rings. The van der Waals surface area contributed by atoms with Gasteiger partial charge in [0.05, 0.1) is 36.2 Å². The minimum Gasteiger partial charge on any atom is -0.493 e. The van der Waals surface area contributed by atoms with E-state index in [4.69, 9.17) is 14.6 Å². The number of amides is 2. The molecule has 1 atom stereocenters. The summed E-state index contributed by atoms with van der Waals surface area (Å²) in [6.45, 7) is 6.12. The molecule has 1 unspecified atom stereocenters. The number of ether oxygens (including phenoxy) is 2. The van der Waals surface area contributed by atoms with Crippen molar-refractivity contribution >= 4 is 34.6 Å². The zero-order valence-corrected chi connectivity index (χ0v) is 24.3. The molecule has 40 heavy (non-hydrogen) atoms. The van der Waals surface area contributed by atoms with Gasteiger partial charge in [0.2, 0.25) is 5.91 Å². The average Bonchev–Trinajstić information content (AvgIpc) is 3.58. The van der Waals surface area contributed by atoms with Gasteiger partial charge in [-0.25, -0.2) is 9.99 Å². The molecule has 5 rings (SSSR count). The number of carbonyl (C=O) groups excluding carboxylic acids is 2. The molecular weight excluding hydrogens is 524 g/mol. The van der Waals surface area contributed by atoms with E-state index in [1.807, 2.05) is 56.3 Å². The maximum absolute atomic E-state index is 13.1. The molecule has 210 valence electrons. The second kappa shape index (κ2) is 12.2. The number of thiazole rings is 1. The van der Waals surface area contributed by atoms with Crippen LogP contribution < -0.4 is 14.8 Å². The predicted octanol–water partition coefficient (Wildman–Crippen LogP) is 6.51. The number of anilines is 1. The lowest BCUT2D eigenvalue weighted by atomic mass is 9.89. The van der Waals surface area contributed by atoms with Gasteiger partial charge in [-0.05, 0) is 81.8 Å². The van der Waals surface area contributed by atoms with E-state index in [-0.39, 0.29) is 23.8 Å². The highest BCUT2D eigenvalue weighted by Gasteiger charge is 2.30. The quantitative estimate of drug-likeness (QED) is 0.322. The minimum absolute atomic E-state index is 0.0169. The average molecular weight is 561 g/mol. The lowest BCUT2D eigenvalue weighted by Gasteiger charge is -2.29. The van der Waals surface area contributed by atoms with Crippen LogP contribution in [-0.4, -0.2) is 40.7 Å². The lowest BCUT2D eigenvalue weighted by Crippen LogP contribution is -2.36. The zero-order chi connectivity index (χ0) is 28.2. The molecule has 3 aromatic rings. The Bertz CT molecular complexity index is 1430. The molecule has 0 saturated heterocycles. The van der Waals surface area contributed by atoms with Crippen LogP contribution in [0.3, 0.4) is 0 Å². The third-order valence-corrected chi connectivity index (χ3v) is 8.57. The largest absolute Gasteiger partial charge is 0.493 e. The summed E-state index contributed by atoms with van der Waals surface area (Å²) in [5.41, 5.74) is 4.08. The number of aromatic nitrogens is 1. The maximum atomic E-state index is 13.1. The highest BCUT2D eigenvalue weighted by molar-refractivity contribution is 7.13. The lowest BCUT2D eigenvalue weighted by molar-refractivity contribution is -0.133. The van der Waals surface area contributed by atoms with E-state index in [1.165, 1.54) is 24.2 Å². The second-order valence-corrected chi connectivity index (χ2v) is 11.6. The minimum atomic E-state index is -0.185. The molecule has 0 radical (unpaired) electrons. The normalized spacial score (nSPS) is 17.6. The van der Waals surface area contributed by atoms with Gasteiger partial charge in [-0.1, -0.05) is 19.1 Å². The summed E-state index contributed by atoms with van der Waals surface area (Å²) >= 11 is 1.38. The summed E-state index contributed by atoms with van der Waals surface area (Å²) in [7, 11) is 1.65.